The van der Waals surface area contributed by atoms with Crippen LogP contribution in [0.4, 0.5) is 37.7 Å². The zero-order valence-corrected chi connectivity index (χ0v) is 20.3. The fourth-order valence-corrected chi connectivity index (χ4v) is 4.81. The van der Waals surface area contributed by atoms with E-state index in [-0.39, 0.29) is 27.5 Å². The largest absolute Gasteiger partial charge is 0.419 e. The Morgan fingerprint density at radius 1 is 0.865 bits per heavy atom. The number of hydrogen-bond donors (Lipinski definition) is 2. The van der Waals surface area contributed by atoms with Gasteiger partial charge in [-0.1, -0.05) is 17.7 Å². The SMILES string of the molecule is O=C(Nc1cc(NC(=O)[C@H]2[C@H](c3ccc(F)c(C(F)(F)F)c3)C2(Cl)Cl)ccc1Cl)c1cc(F)cc(F)c1. The van der Waals surface area contributed by atoms with E-state index in [1.807, 2.05) is 0 Å². The van der Waals surface area contributed by atoms with E-state index in [2.05, 4.69) is 10.6 Å². The van der Waals surface area contributed by atoms with Crippen LogP contribution < -0.4 is 10.6 Å². The molecule has 2 amide bonds. The number of halogens is 9. The number of carbonyl (C=O) groups is 2. The van der Waals surface area contributed by atoms with E-state index in [4.69, 9.17) is 34.8 Å². The molecule has 2 atom stereocenters. The summed E-state index contributed by atoms with van der Waals surface area (Å²) in [7, 11) is 0. The molecule has 0 unspecified atom stereocenters. The Morgan fingerprint density at radius 3 is 2.14 bits per heavy atom. The van der Waals surface area contributed by atoms with Crippen molar-refractivity contribution in [2.24, 2.45) is 5.92 Å². The highest BCUT2D eigenvalue weighted by molar-refractivity contribution is 6.53. The molecule has 1 saturated carbocycles. The third-order valence-electron chi connectivity index (χ3n) is 5.60. The number of alkyl halides is 5. The van der Waals surface area contributed by atoms with Crippen LogP contribution in [0.2, 0.25) is 5.02 Å². The minimum absolute atomic E-state index is 0.0159. The van der Waals surface area contributed by atoms with Crippen LogP contribution >= 0.6 is 34.8 Å². The first kappa shape index (κ1) is 27.1. The van der Waals surface area contributed by atoms with Gasteiger partial charge in [-0.15, -0.1) is 23.2 Å². The first-order valence-corrected chi connectivity index (χ1v) is 11.4. The molecule has 4 nitrogen and oxygen atoms in total. The third kappa shape index (κ3) is 5.66. The standard InChI is InChI=1S/C24H13Cl3F6N2O2/c25-16-3-2-14(9-18(16)35-21(36)11-5-12(28)8-13(29)6-11)34-22(37)20-19(23(20,26)27)10-1-4-17(30)15(7-10)24(31,32)33/h1-9,19-20H,(H,34,37)(H,35,36)/t19-,20+/m0/s1. The fourth-order valence-electron chi connectivity index (χ4n) is 3.82. The zero-order chi connectivity index (χ0) is 27.3. The van der Waals surface area contributed by atoms with Crippen molar-refractivity contribution < 1.29 is 35.9 Å². The maximum atomic E-state index is 13.7. The van der Waals surface area contributed by atoms with Gasteiger partial charge in [-0.2, -0.15) is 13.2 Å². The molecule has 0 aromatic heterocycles. The van der Waals surface area contributed by atoms with Crippen molar-refractivity contribution >= 4 is 58.0 Å². The monoisotopic (exact) mass is 580 g/mol. The summed E-state index contributed by atoms with van der Waals surface area (Å²) in [6.45, 7) is 0. The van der Waals surface area contributed by atoms with Gasteiger partial charge in [0.25, 0.3) is 5.91 Å². The summed E-state index contributed by atoms with van der Waals surface area (Å²) in [5.41, 5.74) is -1.84. The Balaban J connectivity index is 1.52. The summed E-state index contributed by atoms with van der Waals surface area (Å²) in [6.07, 6.45) is -4.96. The van der Waals surface area contributed by atoms with Crippen molar-refractivity contribution in [3.8, 4) is 0 Å². The van der Waals surface area contributed by atoms with E-state index >= 15 is 0 Å². The van der Waals surface area contributed by atoms with Crippen molar-refractivity contribution in [2.45, 2.75) is 16.4 Å². The average molecular weight is 582 g/mol. The molecule has 4 rings (SSSR count). The lowest BCUT2D eigenvalue weighted by Gasteiger charge is -2.11. The van der Waals surface area contributed by atoms with Crippen molar-refractivity contribution in [1.82, 2.24) is 0 Å². The Morgan fingerprint density at radius 2 is 1.51 bits per heavy atom. The lowest BCUT2D eigenvalue weighted by molar-refractivity contribution is -0.140. The third-order valence-corrected chi connectivity index (χ3v) is 6.87. The first-order valence-electron chi connectivity index (χ1n) is 10.3. The molecule has 0 saturated heterocycles. The molecule has 0 radical (unpaired) electrons. The zero-order valence-electron chi connectivity index (χ0n) is 18.1. The van der Waals surface area contributed by atoms with Gasteiger partial charge in [0.1, 0.15) is 21.8 Å². The Hall–Kier alpha value is -2.95. The summed E-state index contributed by atoms with van der Waals surface area (Å²) in [6, 6.07) is 8.37. The van der Waals surface area contributed by atoms with Gasteiger partial charge in [-0.25, -0.2) is 13.2 Å². The Bertz CT molecular complexity index is 1390. The second-order valence-electron chi connectivity index (χ2n) is 8.16. The quantitative estimate of drug-likeness (QED) is 0.241. The van der Waals surface area contributed by atoms with Crippen molar-refractivity contribution in [1.29, 1.82) is 0 Å². The number of amides is 2. The van der Waals surface area contributed by atoms with Crippen LogP contribution in [0.25, 0.3) is 0 Å². The van der Waals surface area contributed by atoms with Gasteiger partial charge in [-0.05, 0) is 48.0 Å². The molecular formula is C24H13Cl3F6N2O2. The molecule has 0 heterocycles. The maximum Gasteiger partial charge on any atom is 0.419 e. The average Bonchev–Trinajstić information content (AvgIpc) is 3.36. The second-order valence-corrected chi connectivity index (χ2v) is 10.0. The van der Waals surface area contributed by atoms with E-state index in [1.165, 1.54) is 18.2 Å². The molecule has 2 N–H and O–H groups in total. The van der Waals surface area contributed by atoms with Gasteiger partial charge in [0.2, 0.25) is 5.91 Å². The normalized spacial score (nSPS) is 18.3. The molecule has 1 aliphatic rings. The number of anilines is 2. The minimum atomic E-state index is -4.96. The number of benzene rings is 3. The van der Waals surface area contributed by atoms with Crippen LogP contribution in [0.5, 0.6) is 0 Å². The van der Waals surface area contributed by atoms with E-state index in [0.29, 0.717) is 18.2 Å². The Labute approximate surface area is 220 Å². The number of carbonyl (C=O) groups excluding carboxylic acids is 2. The topological polar surface area (TPSA) is 58.2 Å². The molecule has 0 spiro atoms. The van der Waals surface area contributed by atoms with Crippen LogP contribution in [0, 0.1) is 23.4 Å². The van der Waals surface area contributed by atoms with Crippen LogP contribution in [0.1, 0.15) is 27.4 Å². The molecule has 1 fully saturated rings. The van der Waals surface area contributed by atoms with Crippen LogP contribution in [0.3, 0.4) is 0 Å². The molecule has 37 heavy (non-hydrogen) atoms. The molecule has 0 aliphatic heterocycles. The molecule has 0 bridgehead atoms. The van der Waals surface area contributed by atoms with E-state index in [0.717, 1.165) is 18.2 Å². The highest BCUT2D eigenvalue weighted by atomic mass is 35.5. The molecule has 1 aliphatic carbocycles. The fraction of sp³-hybridized carbons (Fsp3) is 0.167. The minimum Gasteiger partial charge on any atom is -0.326 e. The van der Waals surface area contributed by atoms with Gasteiger partial charge < -0.3 is 10.6 Å². The number of nitrogens with one attached hydrogen (secondary N) is 2. The molecule has 3 aromatic carbocycles. The highest BCUT2D eigenvalue weighted by Gasteiger charge is 2.67. The van der Waals surface area contributed by atoms with E-state index < -0.39 is 57.2 Å². The summed E-state index contributed by atoms with van der Waals surface area (Å²) in [5.74, 6) is -7.32. The maximum absolute atomic E-state index is 13.7. The summed E-state index contributed by atoms with van der Waals surface area (Å²) in [4.78, 5) is 25.3. The predicted octanol–water partition coefficient (Wildman–Crippen LogP) is 7.55. The molecule has 3 aromatic rings. The smallest absolute Gasteiger partial charge is 0.326 e. The van der Waals surface area contributed by atoms with Gasteiger partial charge >= 0.3 is 6.18 Å². The first-order chi connectivity index (χ1) is 17.2. The van der Waals surface area contributed by atoms with Gasteiger partial charge in [0.15, 0.2) is 0 Å². The second kappa shape index (κ2) is 9.74. The van der Waals surface area contributed by atoms with Crippen molar-refractivity contribution in [3.63, 3.8) is 0 Å². The molecular weight excluding hydrogens is 569 g/mol. The van der Waals surface area contributed by atoms with Gasteiger partial charge in [0, 0.05) is 23.2 Å². The van der Waals surface area contributed by atoms with Crippen molar-refractivity contribution in [3.05, 3.63) is 93.8 Å². The molecule has 13 heteroatoms. The Kier molecular flexibility index (Phi) is 7.13. The predicted molar refractivity (Wildman–Crippen MR) is 126 cm³/mol. The summed E-state index contributed by atoms with van der Waals surface area (Å²) >= 11 is 18.4. The summed E-state index contributed by atoms with van der Waals surface area (Å²) in [5, 5.41) is 4.88. The number of rotatable bonds is 5. The summed E-state index contributed by atoms with van der Waals surface area (Å²) < 4.78 is 78.0. The van der Waals surface area contributed by atoms with Gasteiger partial charge in [0.05, 0.1) is 22.2 Å². The lowest BCUT2D eigenvalue weighted by atomic mass is 10.0. The van der Waals surface area contributed by atoms with Crippen LogP contribution in [-0.4, -0.2) is 16.1 Å². The molecule has 194 valence electrons. The van der Waals surface area contributed by atoms with Crippen LogP contribution in [-0.2, 0) is 11.0 Å². The van der Waals surface area contributed by atoms with E-state index in [1.54, 1.807) is 0 Å². The number of hydrogen-bond acceptors (Lipinski definition) is 2. The highest BCUT2D eigenvalue weighted by Crippen LogP contribution is 2.65. The van der Waals surface area contributed by atoms with Gasteiger partial charge in [-0.3, -0.25) is 9.59 Å². The van der Waals surface area contributed by atoms with E-state index in [9.17, 15) is 35.9 Å². The van der Waals surface area contributed by atoms with Crippen LogP contribution in [0.15, 0.2) is 54.6 Å². The van der Waals surface area contributed by atoms with Crippen molar-refractivity contribution in [2.75, 3.05) is 10.6 Å². The lowest BCUT2D eigenvalue weighted by Crippen LogP contribution is -2.18.